The number of carbonyl (C=O) groups excluding carboxylic acids is 2. The molecule has 1 heterocycles. The van der Waals surface area contributed by atoms with Gasteiger partial charge >= 0.3 is 5.97 Å². The molecule has 0 aromatic heterocycles. The van der Waals surface area contributed by atoms with Crippen LogP contribution in [-0.2, 0) is 27.3 Å². The first-order chi connectivity index (χ1) is 9.47. The van der Waals surface area contributed by atoms with Crippen molar-refractivity contribution in [1.29, 1.82) is 0 Å². The minimum atomic E-state index is -0.905. The fourth-order valence-electron chi connectivity index (χ4n) is 2.23. The van der Waals surface area contributed by atoms with Crippen LogP contribution in [0.25, 0.3) is 0 Å². The number of amides is 2. The van der Waals surface area contributed by atoms with Crippen LogP contribution in [0.2, 0.25) is 0 Å². The molecule has 2 N–H and O–H groups in total. The maximum Gasteiger partial charge on any atom is 0.307 e. The van der Waals surface area contributed by atoms with Crippen LogP contribution in [0, 0.1) is 0 Å². The highest BCUT2D eigenvalue weighted by Crippen LogP contribution is 2.16. The number of carboxylic acids is 1. The largest absolute Gasteiger partial charge is 0.481 e. The third-order valence-electron chi connectivity index (χ3n) is 3.37. The summed E-state index contributed by atoms with van der Waals surface area (Å²) >= 11 is 0. The lowest BCUT2D eigenvalue weighted by atomic mass is 10.0. The Morgan fingerprint density at radius 2 is 2.00 bits per heavy atom. The highest BCUT2D eigenvalue weighted by atomic mass is 16.4. The van der Waals surface area contributed by atoms with Gasteiger partial charge in [0.1, 0.15) is 0 Å². The Hall–Kier alpha value is -2.21. The summed E-state index contributed by atoms with van der Waals surface area (Å²) in [6, 6.07) is 6.75. The number of hydrogen-bond donors (Lipinski definition) is 2. The number of benzene rings is 1. The van der Waals surface area contributed by atoms with Crippen LogP contribution in [-0.4, -0.2) is 40.4 Å². The van der Waals surface area contributed by atoms with Gasteiger partial charge in [0.05, 0.1) is 19.0 Å². The first kappa shape index (κ1) is 14.2. The molecule has 1 fully saturated rings. The minimum absolute atomic E-state index is 0.0709. The molecule has 1 aromatic carbocycles. The van der Waals surface area contributed by atoms with Crippen molar-refractivity contribution in [3.63, 3.8) is 0 Å². The van der Waals surface area contributed by atoms with Gasteiger partial charge in [0.25, 0.3) is 0 Å². The van der Waals surface area contributed by atoms with E-state index in [1.54, 1.807) is 24.0 Å². The Morgan fingerprint density at radius 3 is 2.65 bits per heavy atom. The fourth-order valence-corrected chi connectivity index (χ4v) is 2.23. The summed E-state index contributed by atoms with van der Waals surface area (Å²) in [4.78, 5) is 35.6. The average Bonchev–Trinajstić information content (AvgIpc) is 2.37. The van der Waals surface area contributed by atoms with Crippen molar-refractivity contribution in [2.45, 2.75) is 25.9 Å². The van der Waals surface area contributed by atoms with Crippen molar-refractivity contribution in [2.24, 2.45) is 0 Å². The number of carboxylic acid groups (broad SMARTS) is 1. The van der Waals surface area contributed by atoms with Gasteiger partial charge in [-0.05, 0) is 18.1 Å². The molecule has 0 saturated carbocycles. The van der Waals surface area contributed by atoms with Crippen LogP contribution in [0.3, 0.4) is 0 Å². The van der Waals surface area contributed by atoms with E-state index in [0.29, 0.717) is 12.1 Å². The van der Waals surface area contributed by atoms with Crippen molar-refractivity contribution in [3.8, 4) is 0 Å². The molecule has 1 aliphatic heterocycles. The second-order valence-electron chi connectivity index (χ2n) is 4.83. The first-order valence-electron chi connectivity index (χ1n) is 6.33. The van der Waals surface area contributed by atoms with Gasteiger partial charge in [-0.1, -0.05) is 24.3 Å². The minimum Gasteiger partial charge on any atom is -0.481 e. The lowest BCUT2D eigenvalue weighted by Gasteiger charge is -2.32. The topological polar surface area (TPSA) is 86.7 Å². The monoisotopic (exact) mass is 276 g/mol. The number of imide groups is 1. The number of aliphatic carboxylic acids is 1. The Morgan fingerprint density at radius 1 is 1.35 bits per heavy atom. The number of carbonyl (C=O) groups is 3. The van der Waals surface area contributed by atoms with E-state index in [4.69, 9.17) is 5.11 Å². The Balaban J connectivity index is 2.18. The predicted octanol–water partition coefficient (Wildman–Crippen LogP) is 0.161. The average molecular weight is 276 g/mol. The van der Waals surface area contributed by atoms with Gasteiger partial charge in [0.15, 0.2) is 0 Å². The SMILES string of the molecule is CC1C(=O)NC(=O)CN1Cc1ccccc1CC(=O)O. The zero-order valence-electron chi connectivity index (χ0n) is 11.1. The van der Waals surface area contributed by atoms with E-state index in [-0.39, 0.29) is 24.8 Å². The smallest absolute Gasteiger partial charge is 0.307 e. The standard InChI is InChI=1S/C14H16N2O4/c1-9-14(20)15-12(17)8-16(9)7-11-5-3-2-4-10(11)6-13(18)19/h2-5,9H,6-8H2,1H3,(H,18,19)(H,15,17,20). The molecule has 2 rings (SSSR count). The van der Waals surface area contributed by atoms with E-state index in [1.807, 2.05) is 12.1 Å². The molecule has 1 saturated heterocycles. The number of piperazine rings is 1. The summed E-state index contributed by atoms with van der Waals surface area (Å²) in [5.74, 6) is -1.56. The molecule has 2 amide bonds. The lowest BCUT2D eigenvalue weighted by Crippen LogP contribution is -2.56. The lowest BCUT2D eigenvalue weighted by molar-refractivity contribution is -0.140. The third-order valence-corrected chi connectivity index (χ3v) is 3.37. The summed E-state index contributed by atoms with van der Waals surface area (Å²) in [7, 11) is 0. The number of nitrogens with zero attached hydrogens (tertiary/aromatic N) is 1. The molecule has 0 spiro atoms. The van der Waals surface area contributed by atoms with E-state index >= 15 is 0 Å². The van der Waals surface area contributed by atoms with Gasteiger partial charge in [-0.2, -0.15) is 0 Å². The highest BCUT2D eigenvalue weighted by molar-refractivity contribution is 6.00. The van der Waals surface area contributed by atoms with Crippen molar-refractivity contribution >= 4 is 17.8 Å². The molecule has 0 aliphatic carbocycles. The highest BCUT2D eigenvalue weighted by Gasteiger charge is 2.30. The van der Waals surface area contributed by atoms with Gasteiger partial charge in [-0.3, -0.25) is 24.6 Å². The van der Waals surface area contributed by atoms with E-state index in [1.165, 1.54) is 0 Å². The summed E-state index contributed by atoms with van der Waals surface area (Å²) < 4.78 is 0. The van der Waals surface area contributed by atoms with Gasteiger partial charge in [0, 0.05) is 6.54 Å². The van der Waals surface area contributed by atoms with E-state index in [2.05, 4.69) is 5.32 Å². The van der Waals surface area contributed by atoms with Crippen molar-refractivity contribution in [1.82, 2.24) is 10.2 Å². The maximum absolute atomic E-state index is 11.6. The number of rotatable bonds is 4. The molecule has 6 heteroatoms. The summed E-state index contributed by atoms with van der Waals surface area (Å²) in [6.45, 7) is 2.24. The zero-order valence-corrected chi connectivity index (χ0v) is 11.1. The molecule has 1 aromatic rings. The summed E-state index contributed by atoms with van der Waals surface area (Å²) in [5.41, 5.74) is 1.52. The predicted molar refractivity (Wildman–Crippen MR) is 70.8 cm³/mol. The molecule has 20 heavy (non-hydrogen) atoms. The van der Waals surface area contributed by atoms with E-state index in [9.17, 15) is 14.4 Å². The number of hydrogen-bond acceptors (Lipinski definition) is 4. The molecule has 1 aliphatic rings. The number of nitrogens with one attached hydrogen (secondary N) is 1. The Bertz CT molecular complexity index is 556. The molecule has 1 atom stereocenters. The molecular formula is C14H16N2O4. The summed E-state index contributed by atoms with van der Waals surface area (Å²) in [5, 5.41) is 11.2. The Kier molecular flexibility index (Phi) is 4.14. The quantitative estimate of drug-likeness (QED) is 0.765. The van der Waals surface area contributed by atoms with E-state index in [0.717, 1.165) is 5.56 Å². The molecular weight excluding hydrogens is 260 g/mol. The molecule has 6 nitrogen and oxygen atoms in total. The van der Waals surface area contributed by atoms with Crippen LogP contribution >= 0.6 is 0 Å². The third kappa shape index (κ3) is 3.21. The van der Waals surface area contributed by atoms with Crippen molar-refractivity contribution in [2.75, 3.05) is 6.54 Å². The van der Waals surface area contributed by atoms with Gasteiger partial charge in [0.2, 0.25) is 11.8 Å². The maximum atomic E-state index is 11.6. The van der Waals surface area contributed by atoms with Crippen molar-refractivity contribution in [3.05, 3.63) is 35.4 Å². The van der Waals surface area contributed by atoms with Gasteiger partial charge < -0.3 is 5.11 Å². The van der Waals surface area contributed by atoms with Gasteiger partial charge in [-0.25, -0.2) is 0 Å². The van der Waals surface area contributed by atoms with Crippen LogP contribution in [0.5, 0.6) is 0 Å². The second-order valence-corrected chi connectivity index (χ2v) is 4.83. The van der Waals surface area contributed by atoms with Crippen LogP contribution in [0.4, 0.5) is 0 Å². The zero-order chi connectivity index (χ0) is 14.7. The molecule has 106 valence electrons. The fraction of sp³-hybridized carbons (Fsp3) is 0.357. The molecule has 1 unspecified atom stereocenters. The molecule has 0 bridgehead atoms. The van der Waals surface area contributed by atoms with Gasteiger partial charge in [-0.15, -0.1) is 0 Å². The van der Waals surface area contributed by atoms with E-state index < -0.39 is 12.0 Å². The normalized spacial score (nSPS) is 19.8. The van der Waals surface area contributed by atoms with Crippen LogP contribution in [0.1, 0.15) is 18.1 Å². The van der Waals surface area contributed by atoms with Crippen molar-refractivity contribution < 1.29 is 19.5 Å². The molecule has 0 radical (unpaired) electrons. The second kappa shape index (κ2) is 5.83. The summed E-state index contributed by atoms with van der Waals surface area (Å²) in [6.07, 6.45) is -0.0709. The van der Waals surface area contributed by atoms with Crippen LogP contribution < -0.4 is 5.32 Å². The first-order valence-corrected chi connectivity index (χ1v) is 6.33. The Labute approximate surface area is 116 Å². The van der Waals surface area contributed by atoms with Crippen LogP contribution in [0.15, 0.2) is 24.3 Å².